The molecule has 0 heterocycles. The van der Waals surface area contributed by atoms with Gasteiger partial charge in [0.25, 0.3) is 0 Å². The smallest absolute Gasteiger partial charge is 0.325 e. The summed E-state index contributed by atoms with van der Waals surface area (Å²) < 4.78 is 10.6. The Morgan fingerprint density at radius 2 is 2.06 bits per heavy atom. The van der Waals surface area contributed by atoms with Gasteiger partial charge in [-0.1, -0.05) is 12.8 Å². The van der Waals surface area contributed by atoms with Crippen LogP contribution < -0.4 is 5.73 Å². The highest BCUT2D eigenvalue weighted by Gasteiger charge is 2.30. The minimum atomic E-state index is -0.922. The van der Waals surface area contributed by atoms with Crippen molar-refractivity contribution in [3.8, 4) is 0 Å². The zero-order chi connectivity index (χ0) is 12.0. The summed E-state index contributed by atoms with van der Waals surface area (Å²) in [5.41, 5.74) is 4.95. The maximum Gasteiger partial charge on any atom is 0.325 e. The van der Waals surface area contributed by atoms with Gasteiger partial charge in [-0.05, 0) is 33.1 Å². The van der Waals surface area contributed by atoms with Crippen molar-refractivity contribution in [3.63, 3.8) is 0 Å². The largest absolute Gasteiger partial charge is 0.465 e. The number of esters is 1. The Kier molecular flexibility index (Phi) is 5.22. The maximum absolute atomic E-state index is 11.5. The van der Waals surface area contributed by atoms with Crippen LogP contribution in [0.25, 0.3) is 0 Å². The molecule has 0 aromatic rings. The lowest BCUT2D eigenvalue weighted by atomic mass is 10.0. The minimum absolute atomic E-state index is 0.343. The van der Waals surface area contributed by atoms with Gasteiger partial charge in [-0.25, -0.2) is 0 Å². The van der Waals surface area contributed by atoms with Crippen LogP contribution in [0.15, 0.2) is 0 Å². The third-order valence-electron chi connectivity index (χ3n) is 3.02. The first-order valence-electron chi connectivity index (χ1n) is 6.14. The number of carbonyl (C=O) groups is 1. The quantitative estimate of drug-likeness (QED) is 0.703. The summed E-state index contributed by atoms with van der Waals surface area (Å²) in [7, 11) is 0. The van der Waals surface area contributed by atoms with Crippen LogP contribution in [-0.2, 0) is 14.3 Å². The molecule has 0 radical (unpaired) electrons. The molecule has 16 heavy (non-hydrogen) atoms. The Balaban J connectivity index is 2.21. The van der Waals surface area contributed by atoms with Crippen LogP contribution in [-0.4, -0.2) is 30.8 Å². The highest BCUT2D eigenvalue weighted by Crippen LogP contribution is 2.21. The lowest BCUT2D eigenvalue weighted by Crippen LogP contribution is -2.47. The fraction of sp³-hybridized carbons (Fsp3) is 0.917. The van der Waals surface area contributed by atoms with Crippen LogP contribution in [0, 0.1) is 0 Å². The van der Waals surface area contributed by atoms with Crippen LogP contribution >= 0.6 is 0 Å². The minimum Gasteiger partial charge on any atom is -0.465 e. The van der Waals surface area contributed by atoms with Crippen molar-refractivity contribution in [2.45, 2.75) is 57.6 Å². The Bertz CT molecular complexity index is 222. The normalized spacial score (nSPS) is 20.7. The highest BCUT2D eigenvalue weighted by molar-refractivity contribution is 5.79. The Hall–Kier alpha value is -0.610. The number of rotatable bonds is 6. The van der Waals surface area contributed by atoms with E-state index in [1.54, 1.807) is 13.8 Å². The molecule has 2 N–H and O–H groups in total. The molecule has 1 fully saturated rings. The van der Waals surface area contributed by atoms with E-state index in [1.807, 2.05) is 0 Å². The summed E-state index contributed by atoms with van der Waals surface area (Å²) in [5.74, 6) is -0.343. The molecule has 1 saturated carbocycles. The highest BCUT2D eigenvalue weighted by atomic mass is 16.5. The number of ether oxygens (including phenoxy) is 2. The van der Waals surface area contributed by atoms with Crippen molar-refractivity contribution in [1.29, 1.82) is 0 Å². The molecule has 94 valence electrons. The van der Waals surface area contributed by atoms with Crippen LogP contribution in [0.5, 0.6) is 0 Å². The molecule has 4 nitrogen and oxygen atoms in total. The zero-order valence-corrected chi connectivity index (χ0v) is 10.3. The molecule has 0 saturated heterocycles. The van der Waals surface area contributed by atoms with E-state index >= 15 is 0 Å². The Morgan fingerprint density at radius 3 is 2.62 bits per heavy atom. The van der Waals surface area contributed by atoms with Gasteiger partial charge in [-0.2, -0.15) is 0 Å². The molecule has 4 heteroatoms. The second-order valence-electron chi connectivity index (χ2n) is 4.67. The standard InChI is InChI=1S/C12H23NO3/c1-3-15-11(14)12(2,13)8-9-16-10-6-4-5-7-10/h10H,3-9,13H2,1-2H3. The van der Waals surface area contributed by atoms with E-state index in [4.69, 9.17) is 15.2 Å². The van der Waals surface area contributed by atoms with Crippen molar-refractivity contribution < 1.29 is 14.3 Å². The lowest BCUT2D eigenvalue weighted by molar-refractivity contribution is -0.149. The van der Waals surface area contributed by atoms with Crippen molar-refractivity contribution in [2.24, 2.45) is 5.73 Å². The van der Waals surface area contributed by atoms with Gasteiger partial charge in [0.1, 0.15) is 5.54 Å². The first-order valence-corrected chi connectivity index (χ1v) is 6.14. The predicted octanol–water partition coefficient (Wildman–Crippen LogP) is 1.62. The van der Waals surface area contributed by atoms with Gasteiger partial charge in [0, 0.05) is 6.61 Å². The van der Waals surface area contributed by atoms with Crippen LogP contribution in [0.4, 0.5) is 0 Å². The summed E-state index contributed by atoms with van der Waals surface area (Å²) in [6, 6.07) is 0. The predicted molar refractivity (Wildman–Crippen MR) is 62.1 cm³/mol. The van der Waals surface area contributed by atoms with Gasteiger partial charge < -0.3 is 15.2 Å². The van der Waals surface area contributed by atoms with Crippen LogP contribution in [0.3, 0.4) is 0 Å². The first-order chi connectivity index (χ1) is 7.56. The van der Waals surface area contributed by atoms with Gasteiger partial charge in [0.15, 0.2) is 0 Å². The second kappa shape index (κ2) is 6.21. The summed E-state index contributed by atoms with van der Waals surface area (Å²) in [6.45, 7) is 4.39. The third kappa shape index (κ3) is 4.10. The molecular formula is C12H23NO3. The Morgan fingerprint density at radius 1 is 1.44 bits per heavy atom. The van der Waals surface area contributed by atoms with Crippen molar-refractivity contribution >= 4 is 5.97 Å². The number of hydrogen-bond acceptors (Lipinski definition) is 4. The topological polar surface area (TPSA) is 61.5 Å². The lowest BCUT2D eigenvalue weighted by Gasteiger charge is -2.23. The SMILES string of the molecule is CCOC(=O)C(C)(N)CCOC1CCCC1. The monoisotopic (exact) mass is 229 g/mol. The number of hydrogen-bond donors (Lipinski definition) is 1. The van der Waals surface area contributed by atoms with Crippen molar-refractivity contribution in [2.75, 3.05) is 13.2 Å². The van der Waals surface area contributed by atoms with Crippen molar-refractivity contribution in [3.05, 3.63) is 0 Å². The van der Waals surface area contributed by atoms with E-state index in [9.17, 15) is 4.79 Å². The van der Waals surface area contributed by atoms with Gasteiger partial charge in [-0.15, -0.1) is 0 Å². The van der Waals surface area contributed by atoms with Gasteiger partial charge in [0.05, 0.1) is 12.7 Å². The van der Waals surface area contributed by atoms with Gasteiger partial charge in [0.2, 0.25) is 0 Å². The van der Waals surface area contributed by atoms with E-state index in [2.05, 4.69) is 0 Å². The Labute approximate surface area is 97.5 Å². The van der Waals surface area contributed by atoms with Crippen molar-refractivity contribution in [1.82, 2.24) is 0 Å². The van der Waals surface area contributed by atoms with Crippen LogP contribution in [0.1, 0.15) is 46.0 Å². The summed E-state index contributed by atoms with van der Waals surface area (Å²) in [5, 5.41) is 0. The molecule has 0 bridgehead atoms. The molecule has 0 spiro atoms. The molecule has 0 amide bonds. The van der Waals surface area contributed by atoms with Gasteiger partial charge >= 0.3 is 5.97 Å². The number of carbonyl (C=O) groups excluding carboxylic acids is 1. The molecule has 0 aromatic heterocycles. The van der Waals surface area contributed by atoms with Gasteiger partial charge in [-0.3, -0.25) is 4.79 Å². The molecule has 0 aliphatic heterocycles. The first kappa shape index (κ1) is 13.5. The average molecular weight is 229 g/mol. The van der Waals surface area contributed by atoms with E-state index in [0.29, 0.717) is 25.7 Å². The molecule has 1 atom stereocenters. The average Bonchev–Trinajstić information content (AvgIpc) is 2.70. The molecular weight excluding hydrogens is 206 g/mol. The molecule has 1 aliphatic rings. The maximum atomic E-state index is 11.5. The molecule has 1 aliphatic carbocycles. The zero-order valence-electron chi connectivity index (χ0n) is 10.3. The summed E-state index contributed by atoms with van der Waals surface area (Å²) in [4.78, 5) is 11.5. The van der Waals surface area contributed by atoms with Crippen LogP contribution in [0.2, 0.25) is 0 Å². The summed E-state index contributed by atoms with van der Waals surface area (Å²) in [6.07, 6.45) is 5.67. The van der Waals surface area contributed by atoms with E-state index in [-0.39, 0.29) is 5.97 Å². The third-order valence-corrected chi connectivity index (χ3v) is 3.02. The fourth-order valence-corrected chi connectivity index (χ4v) is 1.89. The van der Waals surface area contributed by atoms with E-state index in [1.165, 1.54) is 12.8 Å². The number of nitrogens with two attached hydrogens (primary N) is 1. The van der Waals surface area contributed by atoms with E-state index in [0.717, 1.165) is 12.8 Å². The second-order valence-corrected chi connectivity index (χ2v) is 4.67. The fourth-order valence-electron chi connectivity index (χ4n) is 1.89. The summed E-state index contributed by atoms with van der Waals surface area (Å²) >= 11 is 0. The molecule has 1 unspecified atom stereocenters. The molecule has 0 aromatic carbocycles. The van der Waals surface area contributed by atoms with E-state index < -0.39 is 5.54 Å². The molecule has 1 rings (SSSR count).